The fraction of sp³-hybridized carbons (Fsp3) is 0.875. The van der Waals surface area contributed by atoms with E-state index in [9.17, 15) is 4.79 Å². The molecule has 0 aliphatic rings. The summed E-state index contributed by atoms with van der Waals surface area (Å²) in [5.41, 5.74) is 5.19. The lowest BCUT2D eigenvalue weighted by Gasteiger charge is -2.03. The number of nitrogens with two attached hydrogens (primary N) is 1. The number of esters is 1. The van der Waals surface area contributed by atoms with Gasteiger partial charge in [0.15, 0.2) is 0 Å². The van der Waals surface area contributed by atoms with Gasteiger partial charge in [0.2, 0.25) is 0 Å². The molecule has 0 saturated heterocycles. The van der Waals surface area contributed by atoms with Gasteiger partial charge in [-0.25, -0.2) is 0 Å². The molecule has 4 nitrogen and oxygen atoms in total. The maximum atomic E-state index is 10.8. The third-order valence-electron chi connectivity index (χ3n) is 1.21. The monoisotopic (exact) mass is 175 g/mol. The Morgan fingerprint density at radius 2 is 2.08 bits per heavy atom. The van der Waals surface area contributed by atoms with Crippen molar-refractivity contribution in [2.45, 2.75) is 19.8 Å². The molecule has 0 bridgehead atoms. The summed E-state index contributed by atoms with van der Waals surface area (Å²) in [5, 5.41) is 0. The van der Waals surface area contributed by atoms with Crippen molar-refractivity contribution in [2.75, 3.05) is 26.4 Å². The van der Waals surface area contributed by atoms with Gasteiger partial charge in [0, 0.05) is 13.0 Å². The topological polar surface area (TPSA) is 61.5 Å². The van der Waals surface area contributed by atoms with Crippen molar-refractivity contribution in [1.29, 1.82) is 0 Å². The maximum Gasteiger partial charge on any atom is 0.305 e. The quantitative estimate of drug-likeness (QED) is 0.446. The lowest BCUT2D eigenvalue weighted by Crippen LogP contribution is -2.14. The Hall–Kier alpha value is -0.610. The zero-order valence-corrected chi connectivity index (χ0v) is 7.54. The van der Waals surface area contributed by atoms with Crippen molar-refractivity contribution < 1.29 is 14.3 Å². The molecule has 0 spiro atoms. The zero-order valence-electron chi connectivity index (χ0n) is 7.54. The molecule has 0 heterocycles. The van der Waals surface area contributed by atoms with Crippen LogP contribution in [0.3, 0.4) is 0 Å². The maximum absolute atomic E-state index is 10.8. The van der Waals surface area contributed by atoms with E-state index < -0.39 is 0 Å². The first kappa shape index (κ1) is 11.4. The first-order valence-corrected chi connectivity index (χ1v) is 4.24. The Bertz CT molecular complexity index is 117. The van der Waals surface area contributed by atoms with Gasteiger partial charge >= 0.3 is 5.97 Å². The van der Waals surface area contributed by atoms with Crippen molar-refractivity contribution in [3.05, 3.63) is 0 Å². The molecule has 0 saturated carbocycles. The molecule has 0 fully saturated rings. The molecule has 4 heteroatoms. The lowest BCUT2D eigenvalue weighted by molar-refractivity contribution is -0.145. The van der Waals surface area contributed by atoms with E-state index in [1.54, 1.807) is 0 Å². The number of carbonyl (C=O) groups excluding carboxylic acids is 1. The molecule has 0 aromatic carbocycles. The van der Waals surface area contributed by atoms with E-state index in [4.69, 9.17) is 15.2 Å². The Morgan fingerprint density at radius 1 is 1.33 bits per heavy atom. The van der Waals surface area contributed by atoms with E-state index in [2.05, 4.69) is 0 Å². The van der Waals surface area contributed by atoms with Crippen LogP contribution < -0.4 is 5.73 Å². The molecule has 0 aliphatic carbocycles. The van der Waals surface area contributed by atoms with Gasteiger partial charge in [-0.3, -0.25) is 4.79 Å². The second kappa shape index (κ2) is 8.49. The van der Waals surface area contributed by atoms with Crippen LogP contribution in [0.4, 0.5) is 0 Å². The second-order valence-corrected chi connectivity index (χ2v) is 2.37. The minimum Gasteiger partial charge on any atom is -0.463 e. The molecule has 0 radical (unpaired) electrons. The van der Waals surface area contributed by atoms with Crippen LogP contribution in [0.25, 0.3) is 0 Å². The molecule has 2 N–H and O–H groups in total. The fourth-order valence-electron chi connectivity index (χ4n) is 0.676. The highest BCUT2D eigenvalue weighted by Gasteiger charge is 1.98. The van der Waals surface area contributed by atoms with Gasteiger partial charge in [-0.2, -0.15) is 0 Å². The predicted octanol–water partition coefficient (Wildman–Crippen LogP) is 0.305. The lowest BCUT2D eigenvalue weighted by atomic mass is 10.3. The molecule has 12 heavy (non-hydrogen) atoms. The third kappa shape index (κ3) is 7.50. The summed E-state index contributed by atoms with van der Waals surface area (Å²) < 4.78 is 9.83. The molecule has 0 aromatic rings. The van der Waals surface area contributed by atoms with Gasteiger partial charge in [0.1, 0.15) is 6.61 Å². The number of hydrogen-bond acceptors (Lipinski definition) is 4. The molecule has 0 atom stereocenters. The summed E-state index contributed by atoms with van der Waals surface area (Å²) in [6.07, 6.45) is 1.30. The van der Waals surface area contributed by atoms with Crippen molar-refractivity contribution in [2.24, 2.45) is 5.73 Å². The average molecular weight is 175 g/mol. The van der Waals surface area contributed by atoms with Crippen LogP contribution >= 0.6 is 0 Å². The van der Waals surface area contributed by atoms with Crippen molar-refractivity contribution >= 4 is 5.97 Å². The summed E-state index contributed by atoms with van der Waals surface area (Å²) in [6.45, 7) is 3.73. The normalized spacial score (nSPS) is 9.83. The average Bonchev–Trinajstić information content (AvgIpc) is 2.05. The van der Waals surface area contributed by atoms with Gasteiger partial charge in [-0.1, -0.05) is 6.92 Å². The Morgan fingerprint density at radius 3 is 2.67 bits per heavy atom. The summed E-state index contributed by atoms with van der Waals surface area (Å²) in [6, 6.07) is 0. The highest BCUT2D eigenvalue weighted by atomic mass is 16.6. The predicted molar refractivity (Wildman–Crippen MR) is 45.7 cm³/mol. The highest BCUT2D eigenvalue weighted by Crippen LogP contribution is 1.90. The van der Waals surface area contributed by atoms with E-state index in [1.807, 2.05) is 6.92 Å². The van der Waals surface area contributed by atoms with E-state index in [1.165, 1.54) is 0 Å². The summed E-state index contributed by atoms with van der Waals surface area (Å²) >= 11 is 0. The van der Waals surface area contributed by atoms with E-state index >= 15 is 0 Å². The molecular weight excluding hydrogens is 158 g/mol. The van der Waals surface area contributed by atoms with Crippen LogP contribution in [0, 0.1) is 0 Å². The van der Waals surface area contributed by atoms with Crippen molar-refractivity contribution in [1.82, 2.24) is 0 Å². The second-order valence-electron chi connectivity index (χ2n) is 2.37. The summed E-state index contributed by atoms with van der Waals surface area (Å²) in [5.74, 6) is -0.158. The van der Waals surface area contributed by atoms with Gasteiger partial charge < -0.3 is 15.2 Å². The number of ether oxygens (including phenoxy) is 2. The van der Waals surface area contributed by atoms with Gasteiger partial charge in [0.25, 0.3) is 0 Å². The van der Waals surface area contributed by atoms with Crippen LogP contribution in [-0.4, -0.2) is 32.3 Å². The minimum atomic E-state index is -0.158. The SMILES string of the molecule is CCCC(=O)OCCOCCN. The van der Waals surface area contributed by atoms with Crippen LogP contribution in [0.5, 0.6) is 0 Å². The summed E-state index contributed by atoms with van der Waals surface area (Å²) in [7, 11) is 0. The van der Waals surface area contributed by atoms with Crippen molar-refractivity contribution in [3.8, 4) is 0 Å². The third-order valence-corrected chi connectivity index (χ3v) is 1.21. The van der Waals surface area contributed by atoms with E-state index in [-0.39, 0.29) is 5.97 Å². The first-order chi connectivity index (χ1) is 5.81. The van der Waals surface area contributed by atoms with Crippen LogP contribution in [0.15, 0.2) is 0 Å². The highest BCUT2D eigenvalue weighted by molar-refractivity contribution is 5.69. The van der Waals surface area contributed by atoms with Gasteiger partial charge in [0.05, 0.1) is 13.2 Å². The van der Waals surface area contributed by atoms with E-state index in [0.29, 0.717) is 32.8 Å². The Balaban J connectivity index is 3.03. The fourth-order valence-corrected chi connectivity index (χ4v) is 0.676. The summed E-state index contributed by atoms with van der Waals surface area (Å²) in [4.78, 5) is 10.8. The molecule has 0 aromatic heterocycles. The standard InChI is InChI=1S/C8H17NO3/c1-2-3-8(10)12-7-6-11-5-4-9/h2-7,9H2,1H3. The molecule has 72 valence electrons. The van der Waals surface area contributed by atoms with Crippen molar-refractivity contribution in [3.63, 3.8) is 0 Å². The van der Waals surface area contributed by atoms with Gasteiger partial charge in [-0.15, -0.1) is 0 Å². The minimum absolute atomic E-state index is 0.158. The number of carbonyl (C=O) groups is 1. The Kier molecular flexibility index (Phi) is 8.05. The molecule has 0 rings (SSSR count). The smallest absolute Gasteiger partial charge is 0.305 e. The number of rotatable bonds is 7. The van der Waals surface area contributed by atoms with Crippen LogP contribution in [-0.2, 0) is 14.3 Å². The number of hydrogen-bond donors (Lipinski definition) is 1. The molecule has 0 amide bonds. The molecule has 0 unspecified atom stereocenters. The largest absolute Gasteiger partial charge is 0.463 e. The first-order valence-electron chi connectivity index (χ1n) is 4.24. The Labute approximate surface area is 73.0 Å². The molecular formula is C8H17NO3. The van der Waals surface area contributed by atoms with E-state index in [0.717, 1.165) is 6.42 Å². The zero-order chi connectivity index (χ0) is 9.23. The van der Waals surface area contributed by atoms with Crippen LogP contribution in [0.1, 0.15) is 19.8 Å². The van der Waals surface area contributed by atoms with Crippen LogP contribution in [0.2, 0.25) is 0 Å². The molecule has 0 aliphatic heterocycles. The van der Waals surface area contributed by atoms with Gasteiger partial charge in [-0.05, 0) is 6.42 Å².